The normalized spacial score (nSPS) is 24.5. The average molecular weight is 183 g/mol. The first-order chi connectivity index (χ1) is 6.24. The second kappa shape index (κ2) is 4.83. The summed E-state index contributed by atoms with van der Waals surface area (Å²) in [4.78, 5) is 11.3. The SMILES string of the molecule is CC(C#N)OC(=O)C1CCCOC1. The van der Waals surface area contributed by atoms with Crippen molar-refractivity contribution in [3.05, 3.63) is 0 Å². The first-order valence-corrected chi connectivity index (χ1v) is 4.42. The van der Waals surface area contributed by atoms with Crippen LogP contribution in [-0.4, -0.2) is 25.3 Å². The van der Waals surface area contributed by atoms with Crippen LogP contribution in [0.25, 0.3) is 0 Å². The van der Waals surface area contributed by atoms with Crippen LogP contribution >= 0.6 is 0 Å². The maximum absolute atomic E-state index is 11.3. The Morgan fingerprint density at radius 3 is 3.08 bits per heavy atom. The largest absolute Gasteiger partial charge is 0.447 e. The smallest absolute Gasteiger partial charge is 0.312 e. The van der Waals surface area contributed by atoms with E-state index < -0.39 is 6.10 Å². The molecule has 0 bridgehead atoms. The summed E-state index contributed by atoms with van der Waals surface area (Å²) in [5.74, 6) is -0.488. The zero-order valence-electron chi connectivity index (χ0n) is 7.66. The molecule has 4 nitrogen and oxygen atoms in total. The molecule has 0 aromatic heterocycles. The van der Waals surface area contributed by atoms with E-state index in [1.807, 2.05) is 6.07 Å². The lowest BCUT2D eigenvalue weighted by Gasteiger charge is -2.20. The highest BCUT2D eigenvalue weighted by Crippen LogP contribution is 2.15. The predicted octanol–water partition coefficient (Wildman–Crippen LogP) is 0.868. The number of carbonyl (C=O) groups is 1. The van der Waals surface area contributed by atoms with Gasteiger partial charge in [-0.25, -0.2) is 0 Å². The van der Waals surface area contributed by atoms with Crippen molar-refractivity contribution in [2.45, 2.75) is 25.9 Å². The van der Waals surface area contributed by atoms with Gasteiger partial charge in [0.1, 0.15) is 6.07 Å². The summed E-state index contributed by atoms with van der Waals surface area (Å²) < 4.78 is 9.99. The van der Waals surface area contributed by atoms with Crippen LogP contribution in [0.3, 0.4) is 0 Å². The standard InChI is InChI=1S/C9H13NO3/c1-7(5-10)13-9(11)8-3-2-4-12-6-8/h7-8H,2-4,6H2,1H3. The molecule has 4 heteroatoms. The first-order valence-electron chi connectivity index (χ1n) is 4.42. The van der Waals surface area contributed by atoms with Crippen molar-refractivity contribution >= 4 is 5.97 Å². The highest BCUT2D eigenvalue weighted by atomic mass is 16.5. The van der Waals surface area contributed by atoms with Crippen molar-refractivity contribution < 1.29 is 14.3 Å². The molecule has 0 N–H and O–H groups in total. The molecule has 72 valence electrons. The summed E-state index contributed by atoms with van der Waals surface area (Å²) >= 11 is 0. The van der Waals surface area contributed by atoms with Crippen LogP contribution in [0.4, 0.5) is 0 Å². The second-order valence-corrected chi connectivity index (χ2v) is 3.12. The van der Waals surface area contributed by atoms with E-state index in [0.29, 0.717) is 6.61 Å². The third-order valence-electron chi connectivity index (χ3n) is 1.97. The molecule has 0 aromatic rings. The minimum atomic E-state index is -0.658. The van der Waals surface area contributed by atoms with Gasteiger partial charge in [0, 0.05) is 6.61 Å². The van der Waals surface area contributed by atoms with E-state index >= 15 is 0 Å². The topological polar surface area (TPSA) is 59.3 Å². The van der Waals surface area contributed by atoms with Crippen molar-refractivity contribution in [3.8, 4) is 6.07 Å². The van der Waals surface area contributed by atoms with E-state index in [0.717, 1.165) is 19.4 Å². The second-order valence-electron chi connectivity index (χ2n) is 3.12. The summed E-state index contributed by atoms with van der Waals surface area (Å²) in [5.41, 5.74) is 0. The Balaban J connectivity index is 2.34. The quantitative estimate of drug-likeness (QED) is 0.596. The molecule has 1 rings (SSSR count). The van der Waals surface area contributed by atoms with Crippen molar-refractivity contribution in [1.29, 1.82) is 5.26 Å². The molecule has 13 heavy (non-hydrogen) atoms. The lowest BCUT2D eigenvalue weighted by molar-refractivity contribution is -0.155. The van der Waals surface area contributed by atoms with Gasteiger partial charge in [0.05, 0.1) is 12.5 Å². The van der Waals surface area contributed by atoms with Crippen molar-refractivity contribution in [1.82, 2.24) is 0 Å². The van der Waals surface area contributed by atoms with Gasteiger partial charge in [0.25, 0.3) is 0 Å². The number of hydrogen-bond acceptors (Lipinski definition) is 4. The first kappa shape index (κ1) is 10.0. The minimum absolute atomic E-state index is 0.176. The van der Waals surface area contributed by atoms with Gasteiger partial charge >= 0.3 is 5.97 Å². The molecule has 0 aliphatic carbocycles. The molecule has 0 spiro atoms. The zero-order chi connectivity index (χ0) is 9.68. The number of hydrogen-bond donors (Lipinski definition) is 0. The van der Waals surface area contributed by atoms with E-state index in [9.17, 15) is 4.79 Å². The third kappa shape index (κ3) is 3.03. The number of nitriles is 1. The Morgan fingerprint density at radius 2 is 2.54 bits per heavy atom. The highest BCUT2D eigenvalue weighted by molar-refractivity contribution is 5.73. The molecule has 1 fully saturated rings. The van der Waals surface area contributed by atoms with Gasteiger partial charge in [-0.2, -0.15) is 5.26 Å². The van der Waals surface area contributed by atoms with Crippen LogP contribution in [0.1, 0.15) is 19.8 Å². The summed E-state index contributed by atoms with van der Waals surface area (Å²) in [6.07, 6.45) is 1.03. The van der Waals surface area contributed by atoms with Gasteiger partial charge in [-0.3, -0.25) is 4.79 Å². The zero-order valence-corrected chi connectivity index (χ0v) is 7.66. The fourth-order valence-electron chi connectivity index (χ4n) is 1.22. The van der Waals surface area contributed by atoms with E-state index in [1.165, 1.54) is 0 Å². The van der Waals surface area contributed by atoms with Gasteiger partial charge in [-0.05, 0) is 19.8 Å². The van der Waals surface area contributed by atoms with Crippen LogP contribution in [0.15, 0.2) is 0 Å². The number of rotatable bonds is 2. The Morgan fingerprint density at radius 1 is 1.77 bits per heavy atom. The number of esters is 1. The maximum atomic E-state index is 11.3. The molecule has 0 saturated carbocycles. The van der Waals surface area contributed by atoms with E-state index in [-0.39, 0.29) is 11.9 Å². The molecule has 0 amide bonds. The molecule has 1 aliphatic rings. The summed E-state index contributed by atoms with van der Waals surface area (Å²) in [7, 11) is 0. The van der Waals surface area contributed by atoms with Crippen LogP contribution in [0.2, 0.25) is 0 Å². The number of nitrogens with zero attached hydrogens (tertiary/aromatic N) is 1. The van der Waals surface area contributed by atoms with Crippen LogP contribution in [-0.2, 0) is 14.3 Å². The molecule has 0 aromatic carbocycles. The molecular weight excluding hydrogens is 170 g/mol. The number of carbonyl (C=O) groups excluding carboxylic acids is 1. The Hall–Kier alpha value is -1.08. The molecule has 2 atom stereocenters. The number of ether oxygens (including phenoxy) is 2. The Kier molecular flexibility index (Phi) is 3.71. The van der Waals surface area contributed by atoms with Crippen molar-refractivity contribution in [2.24, 2.45) is 5.92 Å². The third-order valence-corrected chi connectivity index (χ3v) is 1.97. The fraction of sp³-hybridized carbons (Fsp3) is 0.778. The van der Waals surface area contributed by atoms with Crippen molar-refractivity contribution in [3.63, 3.8) is 0 Å². The van der Waals surface area contributed by atoms with Gasteiger partial charge in [-0.1, -0.05) is 0 Å². The monoisotopic (exact) mass is 183 g/mol. The van der Waals surface area contributed by atoms with Crippen LogP contribution in [0.5, 0.6) is 0 Å². The fourth-order valence-corrected chi connectivity index (χ4v) is 1.22. The Labute approximate surface area is 77.4 Å². The van der Waals surface area contributed by atoms with E-state index in [4.69, 9.17) is 14.7 Å². The lowest BCUT2D eigenvalue weighted by Crippen LogP contribution is -2.28. The van der Waals surface area contributed by atoms with E-state index in [2.05, 4.69) is 0 Å². The minimum Gasteiger partial charge on any atom is -0.447 e. The Bertz CT molecular complexity index is 215. The van der Waals surface area contributed by atoms with E-state index in [1.54, 1.807) is 6.92 Å². The highest BCUT2D eigenvalue weighted by Gasteiger charge is 2.24. The molecule has 1 heterocycles. The van der Waals surface area contributed by atoms with Gasteiger partial charge in [0.2, 0.25) is 0 Å². The summed E-state index contributed by atoms with van der Waals surface area (Å²) in [6.45, 7) is 2.70. The molecule has 1 aliphatic heterocycles. The lowest BCUT2D eigenvalue weighted by atomic mass is 10.0. The summed E-state index contributed by atoms with van der Waals surface area (Å²) in [5, 5.41) is 8.42. The summed E-state index contributed by atoms with van der Waals surface area (Å²) in [6, 6.07) is 1.85. The molecule has 1 saturated heterocycles. The maximum Gasteiger partial charge on any atom is 0.312 e. The predicted molar refractivity (Wildman–Crippen MR) is 44.7 cm³/mol. The van der Waals surface area contributed by atoms with Crippen LogP contribution in [0, 0.1) is 17.2 Å². The van der Waals surface area contributed by atoms with Gasteiger partial charge in [-0.15, -0.1) is 0 Å². The van der Waals surface area contributed by atoms with Crippen LogP contribution < -0.4 is 0 Å². The van der Waals surface area contributed by atoms with Gasteiger partial charge < -0.3 is 9.47 Å². The molecule has 2 unspecified atom stereocenters. The molecular formula is C9H13NO3. The average Bonchev–Trinajstić information content (AvgIpc) is 2.19. The van der Waals surface area contributed by atoms with Crippen molar-refractivity contribution in [2.75, 3.05) is 13.2 Å². The molecule has 0 radical (unpaired) electrons. The van der Waals surface area contributed by atoms with Gasteiger partial charge in [0.15, 0.2) is 6.10 Å².